The van der Waals surface area contributed by atoms with Crippen molar-refractivity contribution in [2.75, 3.05) is 33.3 Å². The third-order valence-electron chi connectivity index (χ3n) is 8.46. The molecule has 0 unspecified atom stereocenters. The lowest BCUT2D eigenvalue weighted by Gasteiger charge is -2.31. The quantitative estimate of drug-likeness (QED) is 0.422. The van der Waals surface area contributed by atoms with Gasteiger partial charge < -0.3 is 19.3 Å². The van der Waals surface area contributed by atoms with Gasteiger partial charge in [-0.15, -0.1) is 0 Å². The minimum absolute atomic E-state index is 0.0528. The first-order valence-electron chi connectivity index (χ1n) is 14.7. The van der Waals surface area contributed by atoms with Crippen LogP contribution in [0.1, 0.15) is 61.1 Å². The van der Waals surface area contributed by atoms with Crippen LogP contribution in [0.2, 0.25) is 0 Å². The number of hydrogen-bond donors (Lipinski definition) is 0. The van der Waals surface area contributed by atoms with E-state index in [0.717, 1.165) is 54.5 Å². The first-order valence-corrected chi connectivity index (χ1v) is 14.7. The zero-order chi connectivity index (χ0) is 28.7. The Hall–Kier alpha value is -3.88. The fraction of sp³-hybridized carbons (Fsp3) is 0.469. The number of benzene rings is 2. The minimum atomic E-state index is -0.339. The zero-order valence-corrected chi connectivity index (χ0v) is 24.0. The van der Waals surface area contributed by atoms with Crippen molar-refractivity contribution in [3.05, 3.63) is 59.0 Å². The van der Waals surface area contributed by atoms with Crippen LogP contribution in [0, 0.1) is 11.7 Å². The Labute approximate surface area is 240 Å². The van der Waals surface area contributed by atoms with Gasteiger partial charge in [0.1, 0.15) is 5.82 Å². The summed E-state index contributed by atoms with van der Waals surface area (Å²) in [6.45, 7) is 6.20. The summed E-state index contributed by atoms with van der Waals surface area (Å²) in [6, 6.07) is 10.1. The van der Waals surface area contributed by atoms with Gasteiger partial charge in [-0.2, -0.15) is 5.10 Å². The maximum atomic E-state index is 14.1. The molecule has 2 aliphatic carbocycles. The summed E-state index contributed by atoms with van der Waals surface area (Å²) in [5.41, 5.74) is 4.77. The lowest BCUT2D eigenvalue weighted by molar-refractivity contribution is -0.138. The van der Waals surface area contributed by atoms with Crippen molar-refractivity contribution in [1.29, 1.82) is 0 Å². The van der Waals surface area contributed by atoms with E-state index in [1.807, 2.05) is 35.8 Å². The van der Waals surface area contributed by atoms with E-state index in [4.69, 9.17) is 14.6 Å². The summed E-state index contributed by atoms with van der Waals surface area (Å²) < 4.78 is 27.4. The maximum absolute atomic E-state index is 14.1. The van der Waals surface area contributed by atoms with Crippen molar-refractivity contribution in [1.82, 2.24) is 19.6 Å². The van der Waals surface area contributed by atoms with Gasteiger partial charge >= 0.3 is 0 Å². The molecule has 1 saturated heterocycles. The van der Waals surface area contributed by atoms with Gasteiger partial charge in [0.2, 0.25) is 5.91 Å². The standard InChI is InChI=1S/C32H37FN4O4/c1-20(2)41-28-19-26-22(18-27(28)40-3)8-13-25-29(34-37(30(25)26)24-11-9-23(33)10-12-24)32(39)36-15-5-14-35(16-17-36)31(38)21-6-4-7-21/h9-12,18-21H,4-8,13-17H2,1-3H3. The van der Waals surface area contributed by atoms with Crippen LogP contribution in [0.3, 0.4) is 0 Å². The van der Waals surface area contributed by atoms with Crippen molar-refractivity contribution in [3.8, 4) is 28.4 Å². The van der Waals surface area contributed by atoms with E-state index >= 15 is 0 Å². The van der Waals surface area contributed by atoms with Crippen molar-refractivity contribution in [2.45, 2.75) is 58.5 Å². The number of rotatable bonds is 6. The molecule has 41 heavy (non-hydrogen) atoms. The molecule has 9 heteroatoms. The number of amides is 2. The van der Waals surface area contributed by atoms with Gasteiger partial charge in [-0.25, -0.2) is 9.07 Å². The minimum Gasteiger partial charge on any atom is -0.493 e. The number of fused-ring (bicyclic) bond motifs is 3. The molecule has 3 aliphatic rings. The number of carbonyl (C=O) groups is 2. The summed E-state index contributed by atoms with van der Waals surface area (Å²) in [7, 11) is 1.63. The van der Waals surface area contributed by atoms with E-state index in [0.29, 0.717) is 55.5 Å². The van der Waals surface area contributed by atoms with E-state index in [-0.39, 0.29) is 29.7 Å². The predicted octanol–water partition coefficient (Wildman–Crippen LogP) is 5.05. The Bertz CT molecular complexity index is 1460. The van der Waals surface area contributed by atoms with E-state index in [1.165, 1.54) is 12.1 Å². The van der Waals surface area contributed by atoms with Crippen LogP contribution < -0.4 is 9.47 Å². The molecule has 8 nitrogen and oxygen atoms in total. The molecule has 0 atom stereocenters. The number of aromatic nitrogens is 2. The lowest BCUT2D eigenvalue weighted by Crippen LogP contribution is -2.41. The Balaban J connectivity index is 1.38. The average Bonchev–Trinajstić information content (AvgIpc) is 3.14. The van der Waals surface area contributed by atoms with Crippen molar-refractivity contribution >= 4 is 11.8 Å². The number of aryl methyl sites for hydroxylation is 1. The summed E-state index contributed by atoms with van der Waals surface area (Å²) in [6.07, 6.45) is 5.12. The molecule has 0 bridgehead atoms. The van der Waals surface area contributed by atoms with Crippen LogP contribution >= 0.6 is 0 Å². The fourth-order valence-corrected chi connectivity index (χ4v) is 6.10. The highest BCUT2D eigenvalue weighted by molar-refractivity contribution is 5.96. The second-order valence-electron chi connectivity index (χ2n) is 11.5. The molecular formula is C32H37FN4O4. The molecule has 0 spiro atoms. The second kappa shape index (κ2) is 11.2. The van der Waals surface area contributed by atoms with Gasteiger partial charge in [0.15, 0.2) is 17.2 Å². The van der Waals surface area contributed by atoms with Crippen LogP contribution in [-0.2, 0) is 17.6 Å². The van der Waals surface area contributed by atoms with E-state index in [1.54, 1.807) is 23.9 Å². The topological polar surface area (TPSA) is 76.9 Å². The van der Waals surface area contributed by atoms with Crippen LogP contribution in [0.15, 0.2) is 36.4 Å². The predicted molar refractivity (Wildman–Crippen MR) is 153 cm³/mol. The highest BCUT2D eigenvalue weighted by atomic mass is 19.1. The number of hydrogen-bond acceptors (Lipinski definition) is 5. The molecule has 216 valence electrons. The molecule has 1 aromatic heterocycles. The fourth-order valence-electron chi connectivity index (χ4n) is 6.10. The Morgan fingerprint density at radius 3 is 2.37 bits per heavy atom. The number of carbonyl (C=O) groups excluding carboxylic acids is 2. The molecule has 0 N–H and O–H groups in total. The third kappa shape index (κ3) is 5.18. The first-order chi connectivity index (χ1) is 19.8. The molecule has 1 saturated carbocycles. The molecule has 6 rings (SSSR count). The normalized spacial score (nSPS) is 17.0. The number of halogens is 1. The molecule has 0 radical (unpaired) electrons. The van der Waals surface area contributed by atoms with Gasteiger partial charge in [-0.1, -0.05) is 6.42 Å². The molecule has 2 aromatic carbocycles. The highest BCUT2D eigenvalue weighted by Gasteiger charge is 2.34. The average molecular weight is 561 g/mol. The summed E-state index contributed by atoms with van der Waals surface area (Å²) >= 11 is 0. The number of nitrogens with zero attached hydrogens (tertiary/aromatic N) is 4. The second-order valence-corrected chi connectivity index (χ2v) is 11.5. The van der Waals surface area contributed by atoms with Gasteiger partial charge in [0.05, 0.1) is 24.6 Å². The summed E-state index contributed by atoms with van der Waals surface area (Å²) in [5, 5.41) is 4.88. The highest BCUT2D eigenvalue weighted by Crippen LogP contribution is 2.43. The zero-order valence-electron chi connectivity index (χ0n) is 24.0. The van der Waals surface area contributed by atoms with Gasteiger partial charge in [-0.05, 0) is 87.9 Å². The Kier molecular flexibility index (Phi) is 7.45. The SMILES string of the molecule is COc1cc2c(cc1OC(C)C)-c1c(c(C(=O)N3CCCN(C(=O)C4CCC4)CC3)nn1-c1ccc(F)cc1)CC2. The number of methoxy groups -OCH3 is 1. The van der Waals surface area contributed by atoms with Crippen LogP contribution in [0.25, 0.3) is 16.9 Å². The van der Waals surface area contributed by atoms with Gasteiger partial charge in [0.25, 0.3) is 5.91 Å². The maximum Gasteiger partial charge on any atom is 0.274 e. The Morgan fingerprint density at radius 2 is 1.68 bits per heavy atom. The molecule has 2 amide bonds. The van der Waals surface area contributed by atoms with Crippen LogP contribution in [-0.4, -0.2) is 70.8 Å². The van der Waals surface area contributed by atoms with Crippen LogP contribution in [0.5, 0.6) is 11.5 Å². The van der Waals surface area contributed by atoms with E-state index in [9.17, 15) is 14.0 Å². The molecule has 2 heterocycles. The molecule has 1 aliphatic heterocycles. The monoisotopic (exact) mass is 560 g/mol. The van der Waals surface area contributed by atoms with E-state index < -0.39 is 0 Å². The van der Waals surface area contributed by atoms with Crippen LogP contribution in [0.4, 0.5) is 4.39 Å². The van der Waals surface area contributed by atoms with Crippen molar-refractivity contribution in [3.63, 3.8) is 0 Å². The van der Waals surface area contributed by atoms with Crippen molar-refractivity contribution < 1.29 is 23.5 Å². The van der Waals surface area contributed by atoms with E-state index in [2.05, 4.69) is 0 Å². The van der Waals surface area contributed by atoms with Crippen molar-refractivity contribution in [2.24, 2.45) is 5.92 Å². The van der Waals surface area contributed by atoms with Gasteiger partial charge in [0, 0.05) is 43.2 Å². The lowest BCUT2D eigenvalue weighted by atomic mass is 9.84. The first kappa shape index (κ1) is 27.3. The smallest absolute Gasteiger partial charge is 0.274 e. The Morgan fingerprint density at radius 1 is 0.951 bits per heavy atom. The number of ether oxygens (including phenoxy) is 2. The third-order valence-corrected chi connectivity index (χ3v) is 8.46. The summed E-state index contributed by atoms with van der Waals surface area (Å²) in [4.78, 5) is 30.7. The van der Waals surface area contributed by atoms with Gasteiger partial charge in [-0.3, -0.25) is 9.59 Å². The largest absolute Gasteiger partial charge is 0.493 e. The molecule has 2 fully saturated rings. The summed E-state index contributed by atoms with van der Waals surface area (Å²) in [5.74, 6) is 1.20. The molecule has 3 aromatic rings. The molecular weight excluding hydrogens is 523 g/mol.